The van der Waals surface area contributed by atoms with Crippen molar-refractivity contribution in [2.75, 3.05) is 13.1 Å². The number of hydrogen-bond acceptors (Lipinski definition) is 2. The summed E-state index contributed by atoms with van der Waals surface area (Å²) >= 11 is 0. The van der Waals surface area contributed by atoms with Gasteiger partial charge >= 0.3 is 0 Å². The lowest BCUT2D eigenvalue weighted by molar-refractivity contribution is -0.123. The van der Waals surface area contributed by atoms with Crippen molar-refractivity contribution in [3.05, 3.63) is 35.9 Å². The first kappa shape index (κ1) is 13.1. The highest BCUT2D eigenvalue weighted by Gasteiger charge is 2.25. The lowest BCUT2D eigenvalue weighted by Crippen LogP contribution is -2.41. The van der Waals surface area contributed by atoms with Gasteiger partial charge in [0.1, 0.15) is 0 Å². The monoisotopic (exact) mass is 246 g/mol. The standard InChI is InChI=1S/C15H22N2O/c1-15(2,13-6-4-3-5-7-13)17-14(18)10-12-8-9-16-11-12/h3-7,12,16H,8-11H2,1-2H3,(H,17,18). The van der Waals surface area contributed by atoms with E-state index < -0.39 is 0 Å². The van der Waals surface area contributed by atoms with Crippen LogP contribution in [-0.2, 0) is 10.3 Å². The van der Waals surface area contributed by atoms with Crippen molar-refractivity contribution in [2.24, 2.45) is 5.92 Å². The molecule has 1 atom stereocenters. The van der Waals surface area contributed by atoms with Gasteiger partial charge in [-0.2, -0.15) is 0 Å². The van der Waals surface area contributed by atoms with E-state index in [0.717, 1.165) is 25.1 Å². The Morgan fingerprint density at radius 2 is 2.11 bits per heavy atom. The number of hydrogen-bond donors (Lipinski definition) is 2. The molecule has 0 spiro atoms. The lowest BCUT2D eigenvalue weighted by Gasteiger charge is -2.27. The Labute approximate surface area is 109 Å². The van der Waals surface area contributed by atoms with Gasteiger partial charge in [0.15, 0.2) is 0 Å². The van der Waals surface area contributed by atoms with E-state index in [1.807, 2.05) is 32.0 Å². The molecule has 0 aliphatic carbocycles. The minimum Gasteiger partial charge on any atom is -0.347 e. The van der Waals surface area contributed by atoms with E-state index in [1.165, 1.54) is 0 Å². The van der Waals surface area contributed by atoms with Gasteiger partial charge in [-0.15, -0.1) is 0 Å². The molecular formula is C15H22N2O. The second kappa shape index (κ2) is 5.53. The second-order valence-corrected chi connectivity index (χ2v) is 5.60. The average molecular weight is 246 g/mol. The van der Waals surface area contributed by atoms with Crippen LogP contribution in [0.15, 0.2) is 30.3 Å². The molecule has 0 aromatic heterocycles. The molecule has 1 aliphatic heterocycles. The van der Waals surface area contributed by atoms with Crippen LogP contribution >= 0.6 is 0 Å². The fourth-order valence-corrected chi connectivity index (χ4v) is 2.48. The van der Waals surface area contributed by atoms with Gasteiger partial charge in [0.2, 0.25) is 5.91 Å². The predicted molar refractivity (Wildman–Crippen MR) is 73.2 cm³/mol. The molecular weight excluding hydrogens is 224 g/mol. The van der Waals surface area contributed by atoms with Crippen LogP contribution in [0.25, 0.3) is 0 Å². The van der Waals surface area contributed by atoms with Crippen LogP contribution in [-0.4, -0.2) is 19.0 Å². The summed E-state index contributed by atoms with van der Waals surface area (Å²) in [6, 6.07) is 10.1. The maximum absolute atomic E-state index is 12.0. The molecule has 1 saturated heterocycles. The van der Waals surface area contributed by atoms with Gasteiger partial charge in [-0.05, 0) is 44.8 Å². The molecule has 0 bridgehead atoms. The lowest BCUT2D eigenvalue weighted by atomic mass is 9.93. The molecule has 1 unspecified atom stereocenters. The fraction of sp³-hybridized carbons (Fsp3) is 0.533. The molecule has 1 aromatic rings. The Morgan fingerprint density at radius 1 is 1.39 bits per heavy atom. The number of amides is 1. The summed E-state index contributed by atoms with van der Waals surface area (Å²) in [5.74, 6) is 0.647. The summed E-state index contributed by atoms with van der Waals surface area (Å²) in [5.41, 5.74) is 0.840. The number of carbonyl (C=O) groups is 1. The molecule has 98 valence electrons. The van der Waals surface area contributed by atoms with Crippen LogP contribution in [0.5, 0.6) is 0 Å². The van der Waals surface area contributed by atoms with Crippen LogP contribution in [0, 0.1) is 5.92 Å². The SMILES string of the molecule is CC(C)(NC(=O)CC1CCNC1)c1ccccc1. The Kier molecular flexibility index (Phi) is 4.02. The van der Waals surface area contributed by atoms with Crippen LogP contribution in [0.1, 0.15) is 32.3 Å². The number of benzene rings is 1. The first-order valence-corrected chi connectivity index (χ1v) is 6.65. The van der Waals surface area contributed by atoms with Gasteiger partial charge in [0.05, 0.1) is 5.54 Å². The third-order valence-corrected chi connectivity index (χ3v) is 3.58. The maximum Gasteiger partial charge on any atom is 0.220 e. The summed E-state index contributed by atoms with van der Waals surface area (Å²) in [5, 5.41) is 6.42. The number of carbonyl (C=O) groups excluding carboxylic acids is 1. The zero-order chi connectivity index (χ0) is 13.0. The largest absolute Gasteiger partial charge is 0.347 e. The highest BCUT2D eigenvalue weighted by molar-refractivity contribution is 5.77. The van der Waals surface area contributed by atoms with Gasteiger partial charge < -0.3 is 10.6 Å². The Balaban J connectivity index is 1.93. The summed E-state index contributed by atoms with van der Waals surface area (Å²) in [6.45, 7) is 6.11. The van der Waals surface area contributed by atoms with E-state index in [9.17, 15) is 4.79 Å². The fourth-order valence-electron chi connectivity index (χ4n) is 2.48. The smallest absolute Gasteiger partial charge is 0.220 e. The quantitative estimate of drug-likeness (QED) is 0.853. The van der Waals surface area contributed by atoms with Crippen LogP contribution in [0.3, 0.4) is 0 Å². The van der Waals surface area contributed by atoms with Gasteiger partial charge in [-0.1, -0.05) is 30.3 Å². The molecule has 1 aliphatic rings. The molecule has 3 heteroatoms. The maximum atomic E-state index is 12.0. The van der Waals surface area contributed by atoms with Gasteiger partial charge in [-0.3, -0.25) is 4.79 Å². The normalized spacial score (nSPS) is 19.8. The molecule has 18 heavy (non-hydrogen) atoms. The summed E-state index contributed by atoms with van der Waals surface area (Å²) in [4.78, 5) is 12.0. The number of nitrogens with one attached hydrogen (secondary N) is 2. The van der Waals surface area contributed by atoms with Gasteiger partial charge in [0, 0.05) is 6.42 Å². The molecule has 1 aromatic carbocycles. The second-order valence-electron chi connectivity index (χ2n) is 5.60. The van der Waals surface area contributed by atoms with E-state index in [0.29, 0.717) is 12.3 Å². The highest BCUT2D eigenvalue weighted by Crippen LogP contribution is 2.20. The van der Waals surface area contributed by atoms with E-state index in [4.69, 9.17) is 0 Å². The first-order chi connectivity index (χ1) is 8.58. The molecule has 1 fully saturated rings. The molecule has 2 rings (SSSR count). The van der Waals surface area contributed by atoms with Crippen molar-refractivity contribution in [1.82, 2.24) is 10.6 Å². The summed E-state index contributed by atoms with van der Waals surface area (Å²) in [6.07, 6.45) is 1.74. The number of rotatable bonds is 4. The van der Waals surface area contributed by atoms with Gasteiger partial charge in [-0.25, -0.2) is 0 Å². The van der Waals surface area contributed by atoms with E-state index in [-0.39, 0.29) is 11.4 Å². The molecule has 1 heterocycles. The molecule has 2 N–H and O–H groups in total. The van der Waals surface area contributed by atoms with Crippen molar-refractivity contribution in [1.29, 1.82) is 0 Å². The first-order valence-electron chi connectivity index (χ1n) is 6.65. The minimum atomic E-state index is -0.301. The van der Waals surface area contributed by atoms with Crippen LogP contribution in [0.4, 0.5) is 0 Å². The topological polar surface area (TPSA) is 41.1 Å². The molecule has 1 amide bonds. The van der Waals surface area contributed by atoms with Crippen molar-refractivity contribution in [3.8, 4) is 0 Å². The molecule has 0 radical (unpaired) electrons. The predicted octanol–water partition coefficient (Wildman–Crippen LogP) is 2.04. The van der Waals surface area contributed by atoms with Crippen molar-refractivity contribution in [3.63, 3.8) is 0 Å². The summed E-state index contributed by atoms with van der Waals surface area (Å²) in [7, 11) is 0. The van der Waals surface area contributed by atoms with Gasteiger partial charge in [0.25, 0.3) is 0 Å². The molecule has 0 saturated carbocycles. The Hall–Kier alpha value is -1.35. The zero-order valence-corrected chi connectivity index (χ0v) is 11.2. The summed E-state index contributed by atoms with van der Waals surface area (Å²) < 4.78 is 0. The van der Waals surface area contributed by atoms with Crippen LogP contribution in [0.2, 0.25) is 0 Å². The van der Waals surface area contributed by atoms with Crippen molar-refractivity contribution >= 4 is 5.91 Å². The zero-order valence-electron chi connectivity index (χ0n) is 11.2. The third kappa shape index (κ3) is 3.33. The minimum absolute atomic E-state index is 0.151. The van der Waals surface area contributed by atoms with Crippen molar-refractivity contribution < 1.29 is 4.79 Å². The highest BCUT2D eigenvalue weighted by atomic mass is 16.1. The third-order valence-electron chi connectivity index (χ3n) is 3.58. The molecule has 3 nitrogen and oxygen atoms in total. The van der Waals surface area contributed by atoms with E-state index >= 15 is 0 Å². The van der Waals surface area contributed by atoms with E-state index in [1.54, 1.807) is 0 Å². The Bertz CT molecular complexity index is 394. The Morgan fingerprint density at radius 3 is 2.72 bits per heavy atom. The van der Waals surface area contributed by atoms with Crippen LogP contribution < -0.4 is 10.6 Å². The van der Waals surface area contributed by atoms with Crippen molar-refractivity contribution in [2.45, 2.75) is 32.2 Å². The average Bonchev–Trinajstić information content (AvgIpc) is 2.82. The van der Waals surface area contributed by atoms with E-state index in [2.05, 4.69) is 22.8 Å².